The summed E-state index contributed by atoms with van der Waals surface area (Å²) in [6.45, 7) is 2.75. The summed E-state index contributed by atoms with van der Waals surface area (Å²) in [4.78, 5) is 2.15. The molecule has 0 saturated carbocycles. The fourth-order valence-corrected chi connectivity index (χ4v) is 2.14. The molecule has 3 nitrogen and oxygen atoms in total. The van der Waals surface area contributed by atoms with E-state index in [0.29, 0.717) is 5.56 Å². The van der Waals surface area contributed by atoms with Crippen molar-refractivity contribution in [3.05, 3.63) is 65.2 Å². The van der Waals surface area contributed by atoms with Crippen LogP contribution in [-0.4, -0.2) is 7.05 Å². The number of anilines is 1. The molecule has 0 bridgehead atoms. The maximum atomic E-state index is 8.92. The summed E-state index contributed by atoms with van der Waals surface area (Å²) < 4.78 is 0. The van der Waals surface area contributed by atoms with Crippen LogP contribution in [0.25, 0.3) is 0 Å². The quantitative estimate of drug-likeness (QED) is 0.923. The number of nitrogens with two attached hydrogens (primary N) is 1. The van der Waals surface area contributed by atoms with Crippen molar-refractivity contribution in [1.29, 1.82) is 5.26 Å². The predicted molar refractivity (Wildman–Crippen MR) is 82.3 cm³/mol. The van der Waals surface area contributed by atoms with E-state index >= 15 is 0 Å². The van der Waals surface area contributed by atoms with Gasteiger partial charge in [0, 0.05) is 25.3 Å². The molecule has 20 heavy (non-hydrogen) atoms. The first-order chi connectivity index (χ1) is 9.60. The summed E-state index contributed by atoms with van der Waals surface area (Å²) in [6, 6.07) is 18.2. The molecule has 0 aliphatic rings. The second kappa shape index (κ2) is 6.23. The highest BCUT2D eigenvalue weighted by atomic mass is 15.1. The van der Waals surface area contributed by atoms with Gasteiger partial charge in [0.25, 0.3) is 0 Å². The van der Waals surface area contributed by atoms with Crippen LogP contribution in [-0.2, 0) is 6.54 Å². The van der Waals surface area contributed by atoms with Crippen LogP contribution in [0.3, 0.4) is 0 Å². The number of nitrogens with zero attached hydrogens (tertiary/aromatic N) is 2. The fraction of sp³-hybridized carbons (Fsp3) is 0.235. The van der Waals surface area contributed by atoms with E-state index in [1.54, 1.807) is 0 Å². The smallest absolute Gasteiger partial charge is 0.0991 e. The summed E-state index contributed by atoms with van der Waals surface area (Å²) in [5.74, 6) is 0. The Bertz CT molecular complexity index is 609. The Labute approximate surface area is 120 Å². The van der Waals surface area contributed by atoms with Gasteiger partial charge >= 0.3 is 0 Å². The largest absolute Gasteiger partial charge is 0.370 e. The highest BCUT2D eigenvalue weighted by Crippen LogP contribution is 2.19. The van der Waals surface area contributed by atoms with E-state index in [0.717, 1.165) is 23.4 Å². The van der Waals surface area contributed by atoms with E-state index in [2.05, 4.69) is 35.2 Å². The second-order valence-corrected chi connectivity index (χ2v) is 5.05. The first-order valence-corrected chi connectivity index (χ1v) is 6.66. The van der Waals surface area contributed by atoms with Crippen molar-refractivity contribution >= 4 is 5.69 Å². The van der Waals surface area contributed by atoms with Gasteiger partial charge in [0.05, 0.1) is 11.6 Å². The average Bonchev–Trinajstić information content (AvgIpc) is 2.47. The number of rotatable bonds is 4. The van der Waals surface area contributed by atoms with Gasteiger partial charge in [0.2, 0.25) is 0 Å². The molecule has 0 heterocycles. The third kappa shape index (κ3) is 3.37. The van der Waals surface area contributed by atoms with Crippen molar-refractivity contribution in [2.24, 2.45) is 5.73 Å². The van der Waals surface area contributed by atoms with E-state index in [1.165, 1.54) is 0 Å². The standard InChI is InChI=1S/C17H19N3/c1-13(19)16-6-8-17(9-7-16)20(2)12-15-5-3-4-14(10-15)11-18/h3-10,13H,12,19H2,1-2H3. The van der Waals surface area contributed by atoms with Gasteiger partial charge in [-0.05, 0) is 42.3 Å². The van der Waals surface area contributed by atoms with Crippen molar-refractivity contribution in [2.75, 3.05) is 11.9 Å². The summed E-state index contributed by atoms with van der Waals surface area (Å²) in [5.41, 5.74) is 9.95. The van der Waals surface area contributed by atoms with E-state index in [-0.39, 0.29) is 6.04 Å². The number of benzene rings is 2. The topological polar surface area (TPSA) is 53.0 Å². The van der Waals surface area contributed by atoms with E-state index in [1.807, 2.05) is 38.2 Å². The zero-order chi connectivity index (χ0) is 14.5. The second-order valence-electron chi connectivity index (χ2n) is 5.05. The molecule has 2 aromatic carbocycles. The van der Waals surface area contributed by atoms with Crippen LogP contribution < -0.4 is 10.6 Å². The molecule has 0 spiro atoms. The maximum Gasteiger partial charge on any atom is 0.0991 e. The number of hydrogen-bond donors (Lipinski definition) is 1. The third-order valence-electron chi connectivity index (χ3n) is 3.34. The molecule has 3 heteroatoms. The number of hydrogen-bond acceptors (Lipinski definition) is 3. The first-order valence-electron chi connectivity index (χ1n) is 6.66. The Balaban J connectivity index is 2.11. The molecular weight excluding hydrogens is 246 g/mol. The minimum atomic E-state index is 0.0571. The summed E-state index contributed by atoms with van der Waals surface area (Å²) in [5, 5.41) is 8.92. The molecule has 0 aliphatic carbocycles. The monoisotopic (exact) mass is 265 g/mol. The Kier molecular flexibility index (Phi) is 4.39. The van der Waals surface area contributed by atoms with E-state index in [9.17, 15) is 0 Å². The van der Waals surface area contributed by atoms with Crippen molar-refractivity contribution < 1.29 is 0 Å². The van der Waals surface area contributed by atoms with Gasteiger partial charge in [-0.2, -0.15) is 5.26 Å². The highest BCUT2D eigenvalue weighted by Gasteiger charge is 2.04. The molecule has 2 N–H and O–H groups in total. The van der Waals surface area contributed by atoms with Crippen molar-refractivity contribution in [3.63, 3.8) is 0 Å². The Morgan fingerprint density at radius 3 is 2.50 bits per heavy atom. The third-order valence-corrected chi connectivity index (χ3v) is 3.34. The minimum Gasteiger partial charge on any atom is -0.370 e. The molecule has 0 aliphatic heterocycles. The van der Waals surface area contributed by atoms with E-state index in [4.69, 9.17) is 11.0 Å². The minimum absolute atomic E-state index is 0.0571. The zero-order valence-corrected chi connectivity index (χ0v) is 11.9. The Morgan fingerprint density at radius 2 is 1.90 bits per heavy atom. The molecular formula is C17H19N3. The lowest BCUT2D eigenvalue weighted by molar-refractivity contribution is 0.817. The number of nitriles is 1. The van der Waals surface area contributed by atoms with Crippen molar-refractivity contribution in [1.82, 2.24) is 0 Å². The molecule has 1 atom stereocenters. The van der Waals surface area contributed by atoms with Gasteiger partial charge < -0.3 is 10.6 Å². The van der Waals surface area contributed by atoms with Crippen molar-refractivity contribution in [2.45, 2.75) is 19.5 Å². The lowest BCUT2D eigenvalue weighted by atomic mass is 10.1. The van der Waals surface area contributed by atoms with Gasteiger partial charge in [0.15, 0.2) is 0 Å². The van der Waals surface area contributed by atoms with Crippen LogP contribution >= 0.6 is 0 Å². The molecule has 0 fully saturated rings. The summed E-state index contributed by atoms with van der Waals surface area (Å²) in [6.07, 6.45) is 0. The summed E-state index contributed by atoms with van der Waals surface area (Å²) >= 11 is 0. The van der Waals surface area contributed by atoms with E-state index < -0.39 is 0 Å². The zero-order valence-electron chi connectivity index (χ0n) is 11.9. The van der Waals surface area contributed by atoms with Crippen molar-refractivity contribution in [3.8, 4) is 6.07 Å². The molecule has 0 amide bonds. The van der Waals surface area contributed by atoms with Gasteiger partial charge in [0.1, 0.15) is 0 Å². The van der Waals surface area contributed by atoms with Crippen LogP contribution in [0.1, 0.15) is 29.7 Å². The van der Waals surface area contributed by atoms with Gasteiger partial charge in [-0.3, -0.25) is 0 Å². The maximum absolute atomic E-state index is 8.92. The van der Waals surface area contributed by atoms with Crippen LogP contribution in [0, 0.1) is 11.3 Å². The van der Waals surface area contributed by atoms with Gasteiger partial charge in [-0.1, -0.05) is 24.3 Å². The normalized spacial score (nSPS) is 11.7. The SMILES string of the molecule is CC(N)c1ccc(N(C)Cc2cccc(C#N)c2)cc1. The Morgan fingerprint density at radius 1 is 1.20 bits per heavy atom. The average molecular weight is 265 g/mol. The predicted octanol–water partition coefficient (Wildman–Crippen LogP) is 3.21. The molecule has 0 aromatic heterocycles. The van der Waals surface area contributed by atoms with Gasteiger partial charge in [-0.15, -0.1) is 0 Å². The van der Waals surface area contributed by atoms with Crippen LogP contribution in [0.15, 0.2) is 48.5 Å². The fourth-order valence-electron chi connectivity index (χ4n) is 2.14. The molecule has 2 rings (SSSR count). The Hall–Kier alpha value is -2.31. The lowest BCUT2D eigenvalue weighted by Crippen LogP contribution is -2.16. The summed E-state index contributed by atoms with van der Waals surface area (Å²) in [7, 11) is 2.04. The van der Waals surface area contributed by atoms with Crippen LogP contribution in [0.4, 0.5) is 5.69 Å². The molecule has 1 unspecified atom stereocenters. The molecule has 2 aromatic rings. The molecule has 0 radical (unpaired) electrons. The highest BCUT2D eigenvalue weighted by molar-refractivity contribution is 5.48. The molecule has 102 valence electrons. The lowest BCUT2D eigenvalue weighted by Gasteiger charge is -2.20. The van der Waals surface area contributed by atoms with Crippen LogP contribution in [0.5, 0.6) is 0 Å². The molecule has 0 saturated heterocycles. The van der Waals surface area contributed by atoms with Gasteiger partial charge in [-0.25, -0.2) is 0 Å². The first kappa shape index (κ1) is 14.1. The van der Waals surface area contributed by atoms with Crippen LogP contribution in [0.2, 0.25) is 0 Å².